The Labute approximate surface area is 158 Å². The fraction of sp³-hybridized carbons (Fsp3) is 0.0526. The number of carbonyl (C=O) groups excluding carboxylic acids is 1. The van der Waals surface area contributed by atoms with Gasteiger partial charge in [-0.3, -0.25) is 4.79 Å². The number of hydrogen-bond acceptors (Lipinski definition) is 4. The van der Waals surface area contributed by atoms with E-state index in [0.29, 0.717) is 21.9 Å². The summed E-state index contributed by atoms with van der Waals surface area (Å²) in [7, 11) is 1.56. The Kier molecular flexibility index (Phi) is 5.25. The molecule has 0 atom stereocenters. The summed E-state index contributed by atoms with van der Waals surface area (Å²) in [6, 6.07) is 13.4. The highest BCUT2D eigenvalue weighted by atomic mass is 35.5. The molecule has 0 aliphatic rings. The zero-order valence-electron chi connectivity index (χ0n) is 13.7. The molecule has 0 aliphatic carbocycles. The van der Waals surface area contributed by atoms with Gasteiger partial charge in [-0.05, 0) is 42.0 Å². The number of hydrogen-bond donors (Lipinski definition) is 2. The molecule has 0 unspecified atom stereocenters. The summed E-state index contributed by atoms with van der Waals surface area (Å²) in [6.45, 7) is 0. The first-order valence-corrected chi connectivity index (χ1v) is 8.81. The first-order valence-electron chi connectivity index (χ1n) is 7.55. The lowest BCUT2D eigenvalue weighted by molar-refractivity contribution is 0.0699. The van der Waals surface area contributed by atoms with Gasteiger partial charge in [0, 0.05) is 21.5 Å². The molecule has 0 radical (unpaired) electrons. The fourth-order valence-electron chi connectivity index (χ4n) is 2.42. The number of rotatable bonds is 5. The number of aromatic carboxylic acids is 1. The number of nitrogens with one attached hydrogen (secondary N) is 1. The standard InChI is InChI=1S/C19H14ClNO4S/c1-25-14-8-4-11(5-9-14)15-10-26-18(16(15)19(23)24)21-17(22)12-2-6-13(20)7-3-12/h2-10H,1H3,(H,21,22)(H,23,24). The molecule has 0 spiro atoms. The Balaban J connectivity index is 1.93. The molecule has 3 rings (SSSR count). The Morgan fingerprint density at radius 2 is 1.73 bits per heavy atom. The highest BCUT2D eigenvalue weighted by molar-refractivity contribution is 7.15. The van der Waals surface area contributed by atoms with E-state index >= 15 is 0 Å². The third-order valence-corrected chi connectivity index (χ3v) is 4.89. The second-order valence-electron chi connectivity index (χ2n) is 5.35. The van der Waals surface area contributed by atoms with Gasteiger partial charge >= 0.3 is 5.97 Å². The van der Waals surface area contributed by atoms with E-state index in [0.717, 1.165) is 5.56 Å². The average Bonchev–Trinajstić information content (AvgIpc) is 3.06. The van der Waals surface area contributed by atoms with Crippen LogP contribution in [0.25, 0.3) is 11.1 Å². The summed E-state index contributed by atoms with van der Waals surface area (Å²) in [5.74, 6) is -0.826. The SMILES string of the molecule is COc1ccc(-c2csc(NC(=O)c3ccc(Cl)cc3)c2C(=O)O)cc1. The molecule has 1 aromatic heterocycles. The number of amides is 1. The topological polar surface area (TPSA) is 75.6 Å². The van der Waals surface area contributed by atoms with E-state index in [2.05, 4.69) is 5.32 Å². The summed E-state index contributed by atoms with van der Waals surface area (Å²) in [5.41, 5.74) is 1.72. The van der Waals surface area contributed by atoms with Crippen LogP contribution in [-0.4, -0.2) is 24.1 Å². The molecule has 5 nitrogen and oxygen atoms in total. The highest BCUT2D eigenvalue weighted by Gasteiger charge is 2.21. The summed E-state index contributed by atoms with van der Waals surface area (Å²) >= 11 is 6.99. The van der Waals surface area contributed by atoms with Crippen molar-refractivity contribution in [3.8, 4) is 16.9 Å². The number of methoxy groups -OCH3 is 1. The van der Waals surface area contributed by atoms with E-state index in [4.69, 9.17) is 16.3 Å². The van der Waals surface area contributed by atoms with E-state index in [1.807, 2.05) is 0 Å². The van der Waals surface area contributed by atoms with E-state index in [-0.39, 0.29) is 10.6 Å². The predicted octanol–water partition coefficient (Wildman–Crippen LogP) is 5.03. The number of ether oxygens (including phenoxy) is 1. The van der Waals surface area contributed by atoms with Crippen LogP contribution in [0.1, 0.15) is 20.7 Å². The molecule has 1 amide bonds. The molecule has 0 aliphatic heterocycles. The Morgan fingerprint density at radius 3 is 2.31 bits per heavy atom. The minimum absolute atomic E-state index is 0.0579. The molecular formula is C19H14ClNO4S. The maximum absolute atomic E-state index is 12.4. The summed E-state index contributed by atoms with van der Waals surface area (Å²) in [5, 5.41) is 14.8. The molecule has 0 saturated carbocycles. The quantitative estimate of drug-likeness (QED) is 0.644. The second-order valence-corrected chi connectivity index (χ2v) is 6.66. The van der Waals surface area contributed by atoms with Gasteiger partial charge in [-0.1, -0.05) is 23.7 Å². The first kappa shape index (κ1) is 18.0. The number of carbonyl (C=O) groups is 2. The van der Waals surface area contributed by atoms with Gasteiger partial charge in [0.25, 0.3) is 5.91 Å². The van der Waals surface area contributed by atoms with Crippen LogP contribution in [0.2, 0.25) is 5.02 Å². The lowest BCUT2D eigenvalue weighted by Crippen LogP contribution is -2.13. The van der Waals surface area contributed by atoms with Crippen molar-refractivity contribution in [2.24, 2.45) is 0 Å². The Bertz CT molecular complexity index is 949. The molecule has 0 bridgehead atoms. The zero-order chi connectivity index (χ0) is 18.7. The van der Waals surface area contributed by atoms with E-state index in [1.54, 1.807) is 61.0 Å². The average molecular weight is 388 g/mol. The molecule has 3 aromatic rings. The van der Waals surface area contributed by atoms with Crippen LogP contribution in [0.15, 0.2) is 53.9 Å². The van der Waals surface area contributed by atoms with Gasteiger partial charge in [0.1, 0.15) is 16.3 Å². The van der Waals surface area contributed by atoms with E-state index < -0.39 is 11.9 Å². The van der Waals surface area contributed by atoms with Gasteiger partial charge in [-0.15, -0.1) is 11.3 Å². The van der Waals surface area contributed by atoms with E-state index in [1.165, 1.54) is 11.3 Å². The van der Waals surface area contributed by atoms with Gasteiger partial charge in [-0.25, -0.2) is 4.79 Å². The van der Waals surface area contributed by atoms with Crippen molar-refractivity contribution in [2.75, 3.05) is 12.4 Å². The summed E-state index contributed by atoms with van der Waals surface area (Å²) in [6.07, 6.45) is 0. The van der Waals surface area contributed by atoms with Crippen molar-refractivity contribution in [1.82, 2.24) is 0 Å². The van der Waals surface area contributed by atoms with Crippen LogP contribution >= 0.6 is 22.9 Å². The molecule has 7 heteroatoms. The molecule has 1 heterocycles. The van der Waals surface area contributed by atoms with Gasteiger partial charge in [0.2, 0.25) is 0 Å². The largest absolute Gasteiger partial charge is 0.497 e. The summed E-state index contributed by atoms with van der Waals surface area (Å²) in [4.78, 5) is 24.1. The van der Waals surface area contributed by atoms with Gasteiger partial charge in [-0.2, -0.15) is 0 Å². The monoisotopic (exact) mass is 387 g/mol. The number of carboxylic acids is 1. The number of thiophene rings is 1. The second kappa shape index (κ2) is 7.59. The van der Waals surface area contributed by atoms with Crippen LogP contribution in [0.4, 0.5) is 5.00 Å². The van der Waals surface area contributed by atoms with Crippen molar-refractivity contribution in [1.29, 1.82) is 0 Å². The predicted molar refractivity (Wildman–Crippen MR) is 103 cm³/mol. The minimum Gasteiger partial charge on any atom is -0.497 e. The number of anilines is 1. The first-order chi connectivity index (χ1) is 12.5. The molecule has 2 aromatic carbocycles. The number of halogens is 1. The maximum Gasteiger partial charge on any atom is 0.339 e. The molecule has 26 heavy (non-hydrogen) atoms. The van der Waals surface area contributed by atoms with Crippen molar-refractivity contribution in [2.45, 2.75) is 0 Å². The molecule has 132 valence electrons. The minimum atomic E-state index is -1.11. The lowest BCUT2D eigenvalue weighted by Gasteiger charge is -2.07. The smallest absolute Gasteiger partial charge is 0.339 e. The lowest BCUT2D eigenvalue weighted by atomic mass is 10.0. The van der Waals surface area contributed by atoms with Crippen LogP contribution in [0.5, 0.6) is 5.75 Å². The molecular weight excluding hydrogens is 374 g/mol. The van der Waals surface area contributed by atoms with Crippen molar-refractivity contribution >= 4 is 39.8 Å². The van der Waals surface area contributed by atoms with Gasteiger partial charge in [0.05, 0.1) is 7.11 Å². The van der Waals surface area contributed by atoms with Gasteiger partial charge < -0.3 is 15.2 Å². The summed E-state index contributed by atoms with van der Waals surface area (Å²) < 4.78 is 5.12. The van der Waals surface area contributed by atoms with Gasteiger partial charge in [0.15, 0.2) is 0 Å². The van der Waals surface area contributed by atoms with Crippen molar-refractivity contribution in [3.05, 3.63) is 70.1 Å². The number of benzene rings is 2. The van der Waals surface area contributed by atoms with Crippen molar-refractivity contribution in [3.63, 3.8) is 0 Å². The van der Waals surface area contributed by atoms with Crippen molar-refractivity contribution < 1.29 is 19.4 Å². The highest BCUT2D eigenvalue weighted by Crippen LogP contribution is 2.36. The third-order valence-electron chi connectivity index (χ3n) is 3.74. The van der Waals surface area contributed by atoms with Crippen LogP contribution in [0.3, 0.4) is 0 Å². The van der Waals surface area contributed by atoms with Crippen LogP contribution in [-0.2, 0) is 0 Å². The van der Waals surface area contributed by atoms with Crippen LogP contribution in [0, 0.1) is 0 Å². The molecule has 2 N–H and O–H groups in total. The fourth-order valence-corrected chi connectivity index (χ4v) is 3.50. The van der Waals surface area contributed by atoms with Crippen LogP contribution < -0.4 is 10.1 Å². The maximum atomic E-state index is 12.4. The Hall–Kier alpha value is -2.83. The zero-order valence-corrected chi connectivity index (χ0v) is 15.2. The Morgan fingerprint density at radius 1 is 1.08 bits per heavy atom. The third kappa shape index (κ3) is 3.71. The molecule has 0 saturated heterocycles. The van der Waals surface area contributed by atoms with E-state index in [9.17, 15) is 14.7 Å². The normalized spacial score (nSPS) is 10.4. The number of carboxylic acid groups (broad SMARTS) is 1. The molecule has 0 fully saturated rings.